The van der Waals surface area contributed by atoms with E-state index in [0.29, 0.717) is 15.6 Å². The van der Waals surface area contributed by atoms with Crippen LogP contribution < -0.4 is 5.73 Å². The van der Waals surface area contributed by atoms with Gasteiger partial charge in [-0.25, -0.2) is 14.6 Å². The third-order valence-electron chi connectivity index (χ3n) is 2.74. The van der Waals surface area contributed by atoms with Crippen LogP contribution in [-0.2, 0) is 0 Å². The van der Waals surface area contributed by atoms with Crippen LogP contribution in [0, 0.1) is 25.2 Å². The predicted octanol–water partition coefficient (Wildman–Crippen LogP) is 1.90. The number of nitriles is 1. The summed E-state index contributed by atoms with van der Waals surface area (Å²) in [5, 5.41) is 14.3. The van der Waals surface area contributed by atoms with Crippen LogP contribution in [0.3, 0.4) is 0 Å². The van der Waals surface area contributed by atoms with Crippen molar-refractivity contribution in [1.29, 1.82) is 5.26 Å². The van der Waals surface area contributed by atoms with Crippen LogP contribution in [0.4, 0.5) is 5.95 Å². The summed E-state index contributed by atoms with van der Waals surface area (Å²) in [4.78, 5) is 20.3. The van der Waals surface area contributed by atoms with E-state index >= 15 is 0 Å². The number of aryl methyl sites for hydroxylation is 2. The highest BCUT2D eigenvalue weighted by Crippen LogP contribution is 2.27. The maximum absolute atomic E-state index is 12.2. The summed E-state index contributed by atoms with van der Waals surface area (Å²) in [5.41, 5.74) is 7.54. The van der Waals surface area contributed by atoms with E-state index in [9.17, 15) is 10.1 Å². The number of carbonyl (C=O) groups is 1. The van der Waals surface area contributed by atoms with Gasteiger partial charge in [-0.3, -0.25) is 4.79 Å². The quantitative estimate of drug-likeness (QED) is 0.666. The number of hydrogen-bond donors (Lipinski definition) is 1. The summed E-state index contributed by atoms with van der Waals surface area (Å²) >= 11 is 2.47. The molecule has 0 aromatic carbocycles. The van der Waals surface area contributed by atoms with Crippen molar-refractivity contribution < 1.29 is 4.79 Å². The molecule has 0 radical (unpaired) electrons. The summed E-state index contributed by atoms with van der Waals surface area (Å²) < 4.78 is 1.36. The molecule has 2 N–H and O–H groups in total. The Labute approximate surface area is 136 Å². The van der Waals surface area contributed by atoms with Crippen LogP contribution in [-0.4, -0.2) is 37.7 Å². The van der Waals surface area contributed by atoms with Gasteiger partial charge >= 0.3 is 0 Å². The lowest BCUT2D eigenvalue weighted by Gasteiger charge is -2.07. The Bertz CT molecular complexity index is 765. The molecule has 0 saturated carbocycles. The Hall–Kier alpha value is -2.05. The highest BCUT2D eigenvalue weighted by atomic mass is 32.2. The van der Waals surface area contributed by atoms with E-state index in [2.05, 4.69) is 21.1 Å². The normalized spacial score (nSPS) is 10.5. The van der Waals surface area contributed by atoms with E-state index in [4.69, 9.17) is 5.73 Å². The van der Waals surface area contributed by atoms with Crippen molar-refractivity contribution in [3.8, 4) is 6.07 Å². The second-order valence-electron chi connectivity index (χ2n) is 4.40. The van der Waals surface area contributed by atoms with Crippen molar-refractivity contribution >= 4 is 35.4 Å². The fourth-order valence-electron chi connectivity index (χ4n) is 1.86. The minimum Gasteiger partial charge on any atom is -0.368 e. The smallest absolute Gasteiger partial charge is 0.257 e. The van der Waals surface area contributed by atoms with Crippen molar-refractivity contribution in [2.75, 3.05) is 17.7 Å². The van der Waals surface area contributed by atoms with Gasteiger partial charge in [0.15, 0.2) is 0 Å². The molecule has 0 aliphatic heterocycles. The fourth-order valence-corrected chi connectivity index (χ4v) is 3.28. The first kappa shape index (κ1) is 16.3. The van der Waals surface area contributed by atoms with Crippen molar-refractivity contribution in [3.05, 3.63) is 23.0 Å². The maximum atomic E-state index is 12.2. The molecule has 9 heteroatoms. The molecule has 22 heavy (non-hydrogen) atoms. The van der Waals surface area contributed by atoms with Crippen LogP contribution in [0.25, 0.3) is 0 Å². The second-order valence-corrected chi connectivity index (χ2v) is 6.16. The third-order valence-corrected chi connectivity index (χ3v) is 4.39. The zero-order valence-electron chi connectivity index (χ0n) is 12.3. The highest BCUT2D eigenvalue weighted by Gasteiger charge is 2.16. The molecule has 0 fully saturated rings. The number of nitrogens with zero attached hydrogens (tertiary/aromatic N) is 5. The van der Waals surface area contributed by atoms with Crippen molar-refractivity contribution in [2.45, 2.75) is 23.9 Å². The molecule has 0 atom stereocenters. The van der Waals surface area contributed by atoms with Crippen LogP contribution in [0.2, 0.25) is 0 Å². The second kappa shape index (κ2) is 6.81. The molecule has 114 valence electrons. The SMILES string of the molecule is CSc1nc(N)nc(SCC(=O)n2nc(C)cc2C)c1C#N. The van der Waals surface area contributed by atoms with E-state index in [1.807, 2.05) is 19.9 Å². The van der Waals surface area contributed by atoms with Gasteiger partial charge in [-0.15, -0.1) is 11.8 Å². The lowest BCUT2D eigenvalue weighted by atomic mass is 10.4. The van der Waals surface area contributed by atoms with E-state index in [0.717, 1.165) is 23.1 Å². The number of carbonyl (C=O) groups excluding carboxylic acids is 1. The summed E-state index contributed by atoms with van der Waals surface area (Å²) in [7, 11) is 0. The molecule has 2 aromatic rings. The summed E-state index contributed by atoms with van der Waals surface area (Å²) in [5.74, 6) is 0.0211. The predicted molar refractivity (Wildman–Crippen MR) is 86.0 cm³/mol. The molecule has 0 unspecified atom stereocenters. The van der Waals surface area contributed by atoms with Gasteiger partial charge in [0.1, 0.15) is 21.7 Å². The van der Waals surface area contributed by atoms with Gasteiger partial charge in [-0.1, -0.05) is 11.8 Å². The average Bonchev–Trinajstić information content (AvgIpc) is 2.82. The van der Waals surface area contributed by atoms with Gasteiger partial charge < -0.3 is 5.73 Å². The largest absolute Gasteiger partial charge is 0.368 e. The molecule has 2 rings (SSSR count). The van der Waals surface area contributed by atoms with Crippen molar-refractivity contribution in [2.24, 2.45) is 0 Å². The molecule has 0 saturated heterocycles. The molecular formula is C13H14N6OS2. The molecule has 0 aliphatic carbocycles. The molecular weight excluding hydrogens is 320 g/mol. The van der Waals surface area contributed by atoms with E-state index < -0.39 is 0 Å². The van der Waals surface area contributed by atoms with E-state index in [1.165, 1.54) is 16.4 Å². The molecule has 7 nitrogen and oxygen atoms in total. The standard InChI is InChI=1S/C13H14N6OS2/c1-7-4-8(2)19(18-7)10(20)6-22-12-9(5-14)11(21-3)16-13(15)17-12/h4H,6H2,1-3H3,(H2,15,16,17). The highest BCUT2D eigenvalue weighted by molar-refractivity contribution is 8.00. The minimum atomic E-state index is -0.178. The first-order chi connectivity index (χ1) is 10.5. The summed E-state index contributed by atoms with van der Waals surface area (Å²) in [6.07, 6.45) is 1.80. The van der Waals surface area contributed by atoms with E-state index in [-0.39, 0.29) is 17.6 Å². The average molecular weight is 334 g/mol. The van der Waals surface area contributed by atoms with E-state index in [1.54, 1.807) is 6.26 Å². The lowest BCUT2D eigenvalue weighted by molar-refractivity contribution is 0.0924. The zero-order valence-corrected chi connectivity index (χ0v) is 14.0. The Morgan fingerprint density at radius 1 is 1.41 bits per heavy atom. The van der Waals surface area contributed by atoms with Crippen LogP contribution in [0.5, 0.6) is 0 Å². The number of hydrogen-bond acceptors (Lipinski definition) is 8. The molecule has 0 spiro atoms. The summed E-state index contributed by atoms with van der Waals surface area (Å²) in [6, 6.07) is 3.90. The number of rotatable bonds is 4. The molecule has 0 amide bonds. The van der Waals surface area contributed by atoms with Crippen LogP contribution >= 0.6 is 23.5 Å². The van der Waals surface area contributed by atoms with Crippen LogP contribution in [0.1, 0.15) is 21.7 Å². The Morgan fingerprint density at radius 2 is 2.09 bits per heavy atom. The molecule has 2 heterocycles. The van der Waals surface area contributed by atoms with Gasteiger partial charge in [0.2, 0.25) is 5.95 Å². The maximum Gasteiger partial charge on any atom is 0.257 e. The third kappa shape index (κ3) is 3.40. The van der Waals surface area contributed by atoms with Gasteiger partial charge in [0.05, 0.1) is 11.4 Å². The van der Waals surface area contributed by atoms with Gasteiger partial charge in [-0.05, 0) is 26.2 Å². The first-order valence-electron chi connectivity index (χ1n) is 6.27. The number of thioether (sulfide) groups is 2. The Balaban J connectivity index is 2.22. The summed E-state index contributed by atoms with van der Waals surface area (Å²) in [6.45, 7) is 3.64. The monoisotopic (exact) mass is 334 g/mol. The topological polar surface area (TPSA) is 110 Å². The fraction of sp³-hybridized carbons (Fsp3) is 0.308. The zero-order chi connectivity index (χ0) is 16.3. The Kier molecular flexibility index (Phi) is 5.05. The van der Waals surface area contributed by atoms with Crippen LogP contribution in [0.15, 0.2) is 16.1 Å². The number of anilines is 1. The Morgan fingerprint density at radius 3 is 2.64 bits per heavy atom. The van der Waals surface area contributed by atoms with Gasteiger partial charge in [-0.2, -0.15) is 10.4 Å². The molecule has 2 aromatic heterocycles. The first-order valence-corrected chi connectivity index (χ1v) is 8.48. The van der Waals surface area contributed by atoms with Crippen molar-refractivity contribution in [1.82, 2.24) is 19.7 Å². The number of aromatic nitrogens is 4. The van der Waals surface area contributed by atoms with Gasteiger partial charge in [0, 0.05) is 5.69 Å². The number of nitrogen functional groups attached to an aromatic ring is 1. The molecule has 0 aliphatic rings. The minimum absolute atomic E-state index is 0.0874. The van der Waals surface area contributed by atoms with Gasteiger partial charge in [0.25, 0.3) is 5.91 Å². The van der Waals surface area contributed by atoms with Crippen molar-refractivity contribution in [3.63, 3.8) is 0 Å². The lowest BCUT2D eigenvalue weighted by Crippen LogP contribution is -2.16. The number of nitrogens with two attached hydrogens (primary N) is 1. The molecule has 0 bridgehead atoms.